The highest BCUT2D eigenvalue weighted by molar-refractivity contribution is 6.35. The van der Waals surface area contributed by atoms with Gasteiger partial charge >= 0.3 is 0 Å². The molecular weight excluding hydrogens is 333 g/mol. The summed E-state index contributed by atoms with van der Waals surface area (Å²) in [6.45, 7) is 0. The second-order valence-corrected chi connectivity index (χ2v) is 5.56. The lowest BCUT2D eigenvalue weighted by Gasteiger charge is -2.08. The van der Waals surface area contributed by atoms with Crippen LogP contribution in [0.3, 0.4) is 0 Å². The van der Waals surface area contributed by atoms with Crippen LogP contribution in [-0.2, 0) is 0 Å². The molecule has 21 heavy (non-hydrogen) atoms. The van der Waals surface area contributed by atoms with E-state index in [0.717, 1.165) is 0 Å². The van der Waals surface area contributed by atoms with Crippen molar-refractivity contribution in [1.29, 1.82) is 0 Å². The minimum absolute atomic E-state index is 0.436. The summed E-state index contributed by atoms with van der Waals surface area (Å²) in [5.74, 6) is 0.480. The molecule has 0 aliphatic heterocycles. The van der Waals surface area contributed by atoms with Crippen LogP contribution in [0.15, 0.2) is 36.4 Å². The Labute approximate surface area is 135 Å². The highest BCUT2D eigenvalue weighted by Crippen LogP contribution is 2.29. The predicted octanol–water partition coefficient (Wildman–Crippen LogP) is 3.87. The van der Waals surface area contributed by atoms with Crippen molar-refractivity contribution in [2.24, 2.45) is 0 Å². The zero-order valence-corrected chi connectivity index (χ0v) is 12.7. The van der Waals surface area contributed by atoms with Gasteiger partial charge < -0.3 is 5.73 Å². The molecule has 0 aliphatic rings. The highest BCUT2D eigenvalue weighted by atomic mass is 35.5. The van der Waals surface area contributed by atoms with E-state index in [2.05, 4.69) is 15.5 Å². The normalized spacial score (nSPS) is 10.8. The van der Waals surface area contributed by atoms with Gasteiger partial charge in [0.1, 0.15) is 0 Å². The Hall–Kier alpha value is -1.82. The summed E-state index contributed by atoms with van der Waals surface area (Å²) >= 11 is 18.1. The van der Waals surface area contributed by atoms with Gasteiger partial charge in [0.25, 0.3) is 0 Å². The number of rotatable bonds is 2. The van der Waals surface area contributed by atoms with E-state index in [0.29, 0.717) is 37.8 Å². The number of nitrogens with two attached hydrogens (primary N) is 1. The standard InChI is InChI=1S/C13H8Cl3N5/c14-8-1-2-12(11(16)6-8)21-13(18-19-20-21)7-3-9(15)5-10(17)4-7/h1-6H,17H2. The van der Waals surface area contributed by atoms with Crippen molar-refractivity contribution in [3.05, 3.63) is 51.5 Å². The topological polar surface area (TPSA) is 69.6 Å². The van der Waals surface area contributed by atoms with Crippen molar-refractivity contribution in [2.45, 2.75) is 0 Å². The molecule has 106 valence electrons. The summed E-state index contributed by atoms with van der Waals surface area (Å²) in [4.78, 5) is 0. The Kier molecular flexibility index (Phi) is 3.71. The molecule has 8 heteroatoms. The van der Waals surface area contributed by atoms with Gasteiger partial charge in [0, 0.05) is 21.3 Å². The SMILES string of the molecule is Nc1cc(Cl)cc(-c2nnnn2-c2ccc(Cl)cc2Cl)c1. The number of halogens is 3. The molecule has 3 aromatic rings. The summed E-state index contributed by atoms with van der Waals surface area (Å²) in [5.41, 5.74) is 7.62. The van der Waals surface area contributed by atoms with E-state index >= 15 is 0 Å². The molecule has 0 amide bonds. The van der Waals surface area contributed by atoms with Crippen molar-refractivity contribution < 1.29 is 0 Å². The lowest BCUT2D eigenvalue weighted by molar-refractivity contribution is 0.791. The van der Waals surface area contributed by atoms with Gasteiger partial charge in [-0.3, -0.25) is 0 Å². The van der Waals surface area contributed by atoms with Crippen molar-refractivity contribution in [1.82, 2.24) is 20.2 Å². The third-order valence-electron chi connectivity index (χ3n) is 2.79. The van der Waals surface area contributed by atoms with Crippen molar-refractivity contribution in [2.75, 3.05) is 5.73 Å². The summed E-state index contributed by atoms with van der Waals surface area (Å²) in [5, 5.41) is 13.1. The van der Waals surface area contributed by atoms with Crippen LogP contribution in [0, 0.1) is 0 Å². The first-order valence-corrected chi connectivity index (χ1v) is 6.98. The second kappa shape index (κ2) is 5.52. The van der Waals surface area contributed by atoms with Crippen LogP contribution >= 0.6 is 34.8 Å². The molecular formula is C13H8Cl3N5. The van der Waals surface area contributed by atoms with Crippen molar-refractivity contribution in [3.8, 4) is 17.1 Å². The van der Waals surface area contributed by atoms with E-state index in [9.17, 15) is 0 Å². The van der Waals surface area contributed by atoms with Gasteiger partial charge in [-0.25, -0.2) is 0 Å². The highest BCUT2D eigenvalue weighted by Gasteiger charge is 2.14. The predicted molar refractivity (Wildman–Crippen MR) is 84.0 cm³/mol. The summed E-state index contributed by atoms with van der Waals surface area (Å²) in [6.07, 6.45) is 0. The summed E-state index contributed by atoms with van der Waals surface area (Å²) in [6, 6.07) is 10.2. The van der Waals surface area contributed by atoms with Gasteiger partial charge in [0.05, 0.1) is 10.7 Å². The first kappa shape index (κ1) is 14.1. The lowest BCUT2D eigenvalue weighted by Crippen LogP contribution is -2.01. The molecule has 0 aliphatic carbocycles. The molecule has 0 radical (unpaired) electrons. The number of tetrazole rings is 1. The minimum Gasteiger partial charge on any atom is -0.399 e. The number of hydrogen-bond acceptors (Lipinski definition) is 4. The minimum atomic E-state index is 0.436. The van der Waals surface area contributed by atoms with Crippen molar-refractivity contribution >= 4 is 40.5 Å². The molecule has 1 heterocycles. The zero-order valence-electron chi connectivity index (χ0n) is 10.5. The maximum atomic E-state index is 6.19. The van der Waals surface area contributed by atoms with E-state index in [1.165, 1.54) is 4.68 Å². The zero-order chi connectivity index (χ0) is 15.0. The van der Waals surface area contributed by atoms with Gasteiger partial charge in [-0.15, -0.1) is 5.10 Å². The molecule has 3 rings (SSSR count). The van der Waals surface area contributed by atoms with Crippen LogP contribution in [0.1, 0.15) is 0 Å². The van der Waals surface area contributed by atoms with Gasteiger partial charge in [0.15, 0.2) is 5.82 Å². The monoisotopic (exact) mass is 339 g/mol. The molecule has 1 aromatic heterocycles. The molecule has 2 aromatic carbocycles. The van der Waals surface area contributed by atoms with Gasteiger partial charge in [-0.05, 0) is 46.8 Å². The van der Waals surface area contributed by atoms with Crippen LogP contribution in [0.2, 0.25) is 15.1 Å². The Morgan fingerprint density at radius 1 is 0.952 bits per heavy atom. The van der Waals surface area contributed by atoms with Crippen molar-refractivity contribution in [3.63, 3.8) is 0 Å². The molecule has 2 N–H and O–H groups in total. The Morgan fingerprint density at radius 2 is 1.76 bits per heavy atom. The van der Waals surface area contributed by atoms with E-state index in [1.54, 1.807) is 36.4 Å². The van der Waals surface area contributed by atoms with Crippen LogP contribution in [0.25, 0.3) is 17.1 Å². The molecule has 0 spiro atoms. The number of nitrogens with zero attached hydrogens (tertiary/aromatic N) is 4. The van der Waals surface area contributed by atoms with E-state index in [-0.39, 0.29) is 0 Å². The third-order valence-corrected chi connectivity index (χ3v) is 3.54. The number of aromatic nitrogens is 4. The molecule has 0 bridgehead atoms. The van der Waals surface area contributed by atoms with E-state index in [4.69, 9.17) is 40.5 Å². The van der Waals surface area contributed by atoms with Crippen LogP contribution in [0.5, 0.6) is 0 Å². The molecule has 0 atom stereocenters. The summed E-state index contributed by atoms with van der Waals surface area (Å²) in [7, 11) is 0. The third kappa shape index (κ3) is 2.81. The summed E-state index contributed by atoms with van der Waals surface area (Å²) < 4.78 is 1.50. The number of hydrogen-bond donors (Lipinski definition) is 1. The van der Waals surface area contributed by atoms with Gasteiger partial charge in [-0.1, -0.05) is 34.8 Å². The first-order valence-electron chi connectivity index (χ1n) is 5.85. The van der Waals surface area contributed by atoms with Crippen LogP contribution in [0.4, 0.5) is 5.69 Å². The maximum absolute atomic E-state index is 6.19. The molecule has 0 unspecified atom stereocenters. The average Bonchev–Trinajstić information content (AvgIpc) is 2.86. The molecule has 5 nitrogen and oxygen atoms in total. The fourth-order valence-corrected chi connectivity index (χ4v) is 2.66. The smallest absolute Gasteiger partial charge is 0.187 e. The van der Waals surface area contributed by atoms with Gasteiger partial charge in [0.2, 0.25) is 0 Å². The molecule has 0 saturated carbocycles. The van der Waals surface area contributed by atoms with Crippen LogP contribution in [-0.4, -0.2) is 20.2 Å². The Balaban J connectivity index is 2.17. The fraction of sp³-hybridized carbons (Fsp3) is 0. The lowest BCUT2D eigenvalue weighted by atomic mass is 10.2. The average molecular weight is 341 g/mol. The maximum Gasteiger partial charge on any atom is 0.187 e. The Morgan fingerprint density at radius 3 is 2.48 bits per heavy atom. The Bertz CT molecular complexity index is 795. The van der Waals surface area contributed by atoms with Gasteiger partial charge in [-0.2, -0.15) is 4.68 Å². The quantitative estimate of drug-likeness (QED) is 0.719. The number of benzene rings is 2. The number of anilines is 1. The molecule has 0 fully saturated rings. The fourth-order valence-electron chi connectivity index (χ4n) is 1.92. The number of nitrogen functional groups attached to an aromatic ring is 1. The van der Waals surface area contributed by atoms with E-state index < -0.39 is 0 Å². The first-order chi connectivity index (χ1) is 10.0. The van der Waals surface area contributed by atoms with Crippen LogP contribution < -0.4 is 5.73 Å². The second-order valence-electron chi connectivity index (χ2n) is 4.28. The molecule has 0 saturated heterocycles. The van der Waals surface area contributed by atoms with E-state index in [1.807, 2.05) is 0 Å². The largest absolute Gasteiger partial charge is 0.399 e.